The van der Waals surface area contributed by atoms with E-state index in [1.54, 1.807) is 24.5 Å². The van der Waals surface area contributed by atoms with Gasteiger partial charge >= 0.3 is 29.9 Å². The van der Waals surface area contributed by atoms with E-state index in [2.05, 4.69) is 16.9 Å². The normalized spacial score (nSPS) is 19.1. The predicted molar refractivity (Wildman–Crippen MR) is 123 cm³/mol. The van der Waals surface area contributed by atoms with Crippen molar-refractivity contribution in [2.24, 2.45) is 11.8 Å². The van der Waals surface area contributed by atoms with Gasteiger partial charge in [0.2, 0.25) is 0 Å². The number of carbonyl (C=O) groups is 1. The molecule has 1 aromatic heterocycles. The molecule has 4 nitrogen and oxygen atoms in total. The highest BCUT2D eigenvalue weighted by Gasteiger charge is 2.82. The number of hydrogen-bond acceptors (Lipinski definition) is 4. The van der Waals surface area contributed by atoms with Crippen molar-refractivity contribution >= 4 is 5.97 Å². The van der Waals surface area contributed by atoms with E-state index in [0.717, 1.165) is 31.2 Å². The van der Waals surface area contributed by atoms with Gasteiger partial charge in [-0.3, -0.25) is 4.79 Å². The maximum Gasteiger partial charge on any atom is 0.460 e. The lowest BCUT2D eigenvalue weighted by Gasteiger charge is -2.39. The molecule has 0 amide bonds. The Labute approximate surface area is 219 Å². The average Bonchev–Trinajstić information content (AvgIpc) is 2.89. The van der Waals surface area contributed by atoms with Gasteiger partial charge in [0.15, 0.2) is 5.82 Å². The Bertz CT molecular complexity index is 1100. The Morgan fingerprint density at radius 3 is 1.92 bits per heavy atom. The van der Waals surface area contributed by atoms with E-state index in [9.17, 15) is 44.3 Å². The number of benzene rings is 1. The van der Waals surface area contributed by atoms with Gasteiger partial charge in [-0.1, -0.05) is 19.8 Å². The number of halogens is 9. The standard InChI is InChI=1S/C26H27F9N2O2/c1-2-3-4-5-16-14-36-21(37-15-16)17-8-12-20(13-9-17)39-22(38)18-6-10-19(11-7-18)23(27,28)24(29,30)25(31,32)26(33,34)35/h8-9,12-15,18-19H,2-7,10-11H2,1H3/t18-,19-. The van der Waals surface area contributed by atoms with E-state index < -0.39 is 67.4 Å². The van der Waals surface area contributed by atoms with Crippen LogP contribution in [0.2, 0.25) is 0 Å². The van der Waals surface area contributed by atoms with Gasteiger partial charge in [-0.15, -0.1) is 0 Å². The van der Waals surface area contributed by atoms with Crippen molar-refractivity contribution in [1.82, 2.24) is 9.97 Å². The van der Waals surface area contributed by atoms with Crippen molar-refractivity contribution < 1.29 is 49.0 Å². The summed E-state index contributed by atoms with van der Waals surface area (Å²) in [6.45, 7) is 2.11. The minimum absolute atomic E-state index is 0.101. The SMILES string of the molecule is CCCCCc1cnc(-c2ccc(OC(=O)[C@H]3CC[C@H](C(F)(F)C(F)(F)C(F)(F)C(F)(F)F)CC3)cc2)nc1. The number of ether oxygens (including phenoxy) is 1. The first-order chi connectivity index (χ1) is 18.1. The lowest BCUT2D eigenvalue weighted by Crippen LogP contribution is -2.63. The van der Waals surface area contributed by atoms with Gasteiger partial charge in [0.05, 0.1) is 5.92 Å². The molecule has 0 saturated heterocycles. The van der Waals surface area contributed by atoms with E-state index in [1.807, 2.05) is 0 Å². The number of nitrogens with zero attached hydrogens (tertiary/aromatic N) is 2. The fourth-order valence-electron chi connectivity index (χ4n) is 4.42. The first kappa shape index (κ1) is 30.7. The van der Waals surface area contributed by atoms with Crippen LogP contribution in [0, 0.1) is 11.8 Å². The molecule has 1 heterocycles. The second-order valence-corrected chi connectivity index (χ2v) is 9.64. The van der Waals surface area contributed by atoms with E-state index in [1.165, 1.54) is 12.1 Å². The summed E-state index contributed by atoms with van der Waals surface area (Å²) in [6, 6.07) is 6.08. The fourth-order valence-corrected chi connectivity index (χ4v) is 4.42. The van der Waals surface area contributed by atoms with Crippen LogP contribution in [0.25, 0.3) is 11.4 Å². The number of hydrogen-bond donors (Lipinski definition) is 0. The molecule has 0 N–H and O–H groups in total. The zero-order chi connectivity index (χ0) is 29.1. The quantitative estimate of drug-likeness (QED) is 0.126. The second-order valence-electron chi connectivity index (χ2n) is 9.64. The zero-order valence-electron chi connectivity index (χ0n) is 20.9. The number of aromatic nitrogens is 2. The molecule has 13 heteroatoms. The van der Waals surface area contributed by atoms with Gasteiger partial charge in [0, 0.05) is 23.9 Å². The summed E-state index contributed by atoms with van der Waals surface area (Å²) in [4.78, 5) is 21.1. The molecule has 1 aromatic carbocycles. The number of unbranched alkanes of at least 4 members (excludes halogenated alkanes) is 2. The van der Waals surface area contributed by atoms with Gasteiger partial charge in [0.1, 0.15) is 5.75 Å². The molecule has 0 radical (unpaired) electrons. The summed E-state index contributed by atoms with van der Waals surface area (Å²) in [7, 11) is 0. The maximum atomic E-state index is 14.2. The molecule has 2 aromatic rings. The van der Waals surface area contributed by atoms with E-state index in [0.29, 0.717) is 11.4 Å². The topological polar surface area (TPSA) is 52.1 Å². The molecule has 1 fully saturated rings. The summed E-state index contributed by atoms with van der Waals surface area (Å²) in [5.41, 5.74) is 1.64. The number of aryl methyl sites for hydroxylation is 1. The van der Waals surface area contributed by atoms with Crippen LogP contribution in [-0.2, 0) is 11.2 Å². The first-order valence-electron chi connectivity index (χ1n) is 12.4. The van der Waals surface area contributed by atoms with Crippen LogP contribution >= 0.6 is 0 Å². The minimum Gasteiger partial charge on any atom is -0.426 e. The molecule has 3 rings (SSSR count). The number of alkyl halides is 9. The van der Waals surface area contributed by atoms with Crippen LogP contribution in [0.15, 0.2) is 36.7 Å². The van der Waals surface area contributed by atoms with Crippen molar-refractivity contribution in [3.8, 4) is 17.1 Å². The molecular formula is C26H27F9N2O2. The van der Waals surface area contributed by atoms with E-state index >= 15 is 0 Å². The van der Waals surface area contributed by atoms with Crippen molar-refractivity contribution in [1.29, 1.82) is 0 Å². The van der Waals surface area contributed by atoms with Crippen LogP contribution < -0.4 is 4.74 Å². The van der Waals surface area contributed by atoms with Gasteiger partial charge in [-0.2, -0.15) is 39.5 Å². The third kappa shape index (κ3) is 6.49. The molecule has 0 bridgehead atoms. The highest BCUT2D eigenvalue weighted by Crippen LogP contribution is 2.57. The third-order valence-electron chi connectivity index (χ3n) is 6.85. The first-order valence-corrected chi connectivity index (χ1v) is 12.4. The smallest absolute Gasteiger partial charge is 0.426 e. The van der Waals surface area contributed by atoms with Crippen LogP contribution in [-0.4, -0.2) is 39.9 Å². The van der Waals surface area contributed by atoms with Gasteiger partial charge < -0.3 is 4.74 Å². The van der Waals surface area contributed by atoms with Gasteiger partial charge in [-0.25, -0.2) is 9.97 Å². The summed E-state index contributed by atoms with van der Waals surface area (Å²) >= 11 is 0. The van der Waals surface area contributed by atoms with Crippen molar-refractivity contribution in [3.63, 3.8) is 0 Å². The molecule has 0 atom stereocenters. The molecular weight excluding hydrogens is 543 g/mol. The summed E-state index contributed by atoms with van der Waals surface area (Å²) in [5.74, 6) is -23.0. The molecule has 0 aliphatic heterocycles. The van der Waals surface area contributed by atoms with Crippen molar-refractivity contribution in [2.75, 3.05) is 0 Å². The Morgan fingerprint density at radius 2 is 1.41 bits per heavy atom. The Balaban J connectivity index is 1.56. The number of carbonyl (C=O) groups excluding carboxylic acids is 1. The summed E-state index contributed by atoms with van der Waals surface area (Å²) in [6.07, 6.45) is -1.91. The van der Waals surface area contributed by atoms with Crippen molar-refractivity contribution in [2.45, 2.75) is 82.2 Å². The maximum absolute atomic E-state index is 14.2. The molecule has 0 unspecified atom stereocenters. The monoisotopic (exact) mass is 570 g/mol. The lowest BCUT2D eigenvalue weighted by atomic mass is 9.76. The Hall–Kier alpha value is -2.86. The molecule has 0 spiro atoms. The van der Waals surface area contributed by atoms with E-state index in [4.69, 9.17) is 4.74 Å². The fraction of sp³-hybridized carbons (Fsp3) is 0.577. The third-order valence-corrected chi connectivity index (χ3v) is 6.85. The van der Waals surface area contributed by atoms with Gasteiger partial charge in [0.25, 0.3) is 0 Å². The second kappa shape index (κ2) is 11.7. The summed E-state index contributed by atoms with van der Waals surface area (Å²) in [5, 5.41) is 0. The highest BCUT2D eigenvalue weighted by molar-refractivity contribution is 5.75. The molecule has 216 valence electrons. The molecule has 1 saturated carbocycles. The van der Waals surface area contributed by atoms with Crippen LogP contribution in [0.1, 0.15) is 57.4 Å². The van der Waals surface area contributed by atoms with Crippen LogP contribution in [0.5, 0.6) is 5.75 Å². The lowest BCUT2D eigenvalue weighted by molar-refractivity contribution is -0.404. The zero-order valence-corrected chi connectivity index (χ0v) is 20.9. The number of esters is 1. The Morgan fingerprint density at radius 1 is 0.846 bits per heavy atom. The molecule has 39 heavy (non-hydrogen) atoms. The minimum atomic E-state index is -6.92. The average molecular weight is 570 g/mol. The predicted octanol–water partition coefficient (Wildman–Crippen LogP) is 8.06. The van der Waals surface area contributed by atoms with Crippen molar-refractivity contribution in [3.05, 3.63) is 42.2 Å². The van der Waals surface area contributed by atoms with E-state index in [-0.39, 0.29) is 5.75 Å². The Kier molecular flexibility index (Phi) is 9.21. The highest BCUT2D eigenvalue weighted by atomic mass is 19.4. The van der Waals surface area contributed by atoms with Crippen LogP contribution in [0.4, 0.5) is 39.5 Å². The van der Waals surface area contributed by atoms with Crippen LogP contribution in [0.3, 0.4) is 0 Å². The largest absolute Gasteiger partial charge is 0.460 e. The molecule has 1 aliphatic rings. The number of rotatable bonds is 10. The summed E-state index contributed by atoms with van der Waals surface area (Å²) < 4.78 is 125. The molecule has 1 aliphatic carbocycles. The van der Waals surface area contributed by atoms with Gasteiger partial charge in [-0.05, 0) is 68.4 Å².